The van der Waals surface area contributed by atoms with Crippen molar-refractivity contribution in [2.75, 3.05) is 0 Å². The molecule has 0 radical (unpaired) electrons. The molecule has 0 aromatic heterocycles. The van der Waals surface area contributed by atoms with Gasteiger partial charge >= 0.3 is 0 Å². The van der Waals surface area contributed by atoms with Crippen LogP contribution in [-0.4, -0.2) is 11.2 Å². The van der Waals surface area contributed by atoms with Gasteiger partial charge in [-0.15, -0.1) is 11.8 Å². The number of rotatable bonds is 4. The van der Waals surface area contributed by atoms with Crippen LogP contribution < -0.4 is 0 Å². The summed E-state index contributed by atoms with van der Waals surface area (Å²) in [6.07, 6.45) is 10.7. The molecule has 0 saturated heterocycles. The number of allylic oxidation sites excluding steroid dienone is 1. The van der Waals surface area contributed by atoms with E-state index in [-0.39, 0.29) is 6.10 Å². The minimum Gasteiger partial charge on any atom is -0.389 e. The van der Waals surface area contributed by atoms with Crippen molar-refractivity contribution in [2.45, 2.75) is 51.6 Å². The molecule has 1 rings (SSSR count). The van der Waals surface area contributed by atoms with E-state index in [4.69, 9.17) is 0 Å². The first kappa shape index (κ1) is 11.3. The maximum atomic E-state index is 9.58. The van der Waals surface area contributed by atoms with Gasteiger partial charge < -0.3 is 5.11 Å². The van der Waals surface area contributed by atoms with Gasteiger partial charge in [-0.25, -0.2) is 0 Å². The highest BCUT2D eigenvalue weighted by Crippen LogP contribution is 2.25. The summed E-state index contributed by atoms with van der Waals surface area (Å²) >= 11 is 0. The highest BCUT2D eigenvalue weighted by Gasteiger charge is 2.11. The van der Waals surface area contributed by atoms with Crippen LogP contribution >= 0.6 is 0 Å². The highest BCUT2D eigenvalue weighted by atomic mass is 16.3. The van der Waals surface area contributed by atoms with E-state index in [1.807, 2.05) is 13.0 Å². The molecule has 0 spiro atoms. The van der Waals surface area contributed by atoms with Crippen LogP contribution in [0.5, 0.6) is 0 Å². The van der Waals surface area contributed by atoms with Crippen LogP contribution in [0.1, 0.15) is 45.4 Å². The summed E-state index contributed by atoms with van der Waals surface area (Å²) in [6.45, 7) is 1.83. The van der Waals surface area contributed by atoms with E-state index in [9.17, 15) is 5.11 Å². The summed E-state index contributed by atoms with van der Waals surface area (Å²) in [5, 5.41) is 9.58. The minimum absolute atomic E-state index is 0.295. The van der Waals surface area contributed by atoms with E-state index in [1.165, 1.54) is 25.7 Å². The molecule has 1 nitrogen and oxygen atoms in total. The third-order valence-electron chi connectivity index (χ3n) is 2.75. The predicted molar refractivity (Wildman–Crippen MR) is 59.8 cm³/mol. The third kappa shape index (κ3) is 4.48. The van der Waals surface area contributed by atoms with E-state index in [0.29, 0.717) is 0 Å². The second kappa shape index (κ2) is 6.68. The van der Waals surface area contributed by atoms with Crippen molar-refractivity contribution in [3.05, 3.63) is 12.2 Å². The standard InChI is InChI=1S/C13H20O/c1-2-3-4-9-13(14)11-10-12-7-5-6-8-12/h10-14H,4-9H2,1H3/b11-10+. The molecule has 0 bridgehead atoms. The molecule has 0 aromatic rings. The molecule has 1 atom stereocenters. The van der Waals surface area contributed by atoms with Gasteiger partial charge in [-0.05, 0) is 32.1 Å². The van der Waals surface area contributed by atoms with Gasteiger partial charge in [0.05, 0.1) is 6.10 Å². The SMILES string of the molecule is CC#CCCC(O)/C=C/C1CCCC1. The van der Waals surface area contributed by atoms with E-state index in [0.717, 1.165) is 18.8 Å². The fraction of sp³-hybridized carbons (Fsp3) is 0.692. The Balaban J connectivity index is 2.16. The van der Waals surface area contributed by atoms with Crippen LogP contribution in [0, 0.1) is 17.8 Å². The molecule has 1 aliphatic carbocycles. The lowest BCUT2D eigenvalue weighted by Gasteiger charge is -2.04. The van der Waals surface area contributed by atoms with Gasteiger partial charge in [0.15, 0.2) is 0 Å². The first-order chi connectivity index (χ1) is 6.83. The number of aliphatic hydroxyl groups excluding tert-OH is 1. The summed E-state index contributed by atoms with van der Waals surface area (Å²) in [7, 11) is 0. The van der Waals surface area contributed by atoms with Crippen molar-refractivity contribution in [2.24, 2.45) is 5.92 Å². The van der Waals surface area contributed by atoms with Gasteiger partial charge in [-0.2, -0.15) is 0 Å². The Hall–Kier alpha value is -0.740. The average Bonchev–Trinajstić information content (AvgIpc) is 2.68. The Kier molecular flexibility index (Phi) is 5.40. The Labute approximate surface area is 87.2 Å². The van der Waals surface area contributed by atoms with Crippen molar-refractivity contribution in [3.63, 3.8) is 0 Å². The molecule has 14 heavy (non-hydrogen) atoms. The first-order valence-electron chi connectivity index (χ1n) is 5.59. The zero-order valence-electron chi connectivity index (χ0n) is 9.00. The van der Waals surface area contributed by atoms with Crippen LogP contribution in [-0.2, 0) is 0 Å². The molecule has 1 saturated carbocycles. The Morgan fingerprint density at radius 2 is 2.14 bits per heavy atom. The monoisotopic (exact) mass is 192 g/mol. The molecule has 1 heteroatoms. The van der Waals surface area contributed by atoms with Crippen LogP contribution in [0.15, 0.2) is 12.2 Å². The maximum Gasteiger partial charge on any atom is 0.0730 e. The van der Waals surface area contributed by atoms with E-state index >= 15 is 0 Å². The first-order valence-corrected chi connectivity index (χ1v) is 5.59. The van der Waals surface area contributed by atoms with Crippen LogP contribution in [0.4, 0.5) is 0 Å². The van der Waals surface area contributed by atoms with Crippen molar-refractivity contribution in [3.8, 4) is 11.8 Å². The second-order valence-electron chi connectivity index (χ2n) is 3.96. The molecule has 0 heterocycles. The molecule has 1 N–H and O–H groups in total. The zero-order valence-corrected chi connectivity index (χ0v) is 9.00. The summed E-state index contributed by atoms with van der Waals surface area (Å²) in [6, 6.07) is 0. The van der Waals surface area contributed by atoms with Crippen molar-refractivity contribution in [1.29, 1.82) is 0 Å². The predicted octanol–water partition coefficient (Wildman–Crippen LogP) is 2.90. The fourth-order valence-corrected chi connectivity index (χ4v) is 1.88. The topological polar surface area (TPSA) is 20.2 Å². The normalized spacial score (nSPS) is 19.6. The lowest BCUT2D eigenvalue weighted by molar-refractivity contribution is 0.214. The Morgan fingerprint density at radius 3 is 2.79 bits per heavy atom. The highest BCUT2D eigenvalue weighted by molar-refractivity contribution is 4.99. The molecule has 1 fully saturated rings. The van der Waals surface area contributed by atoms with Crippen molar-refractivity contribution < 1.29 is 5.11 Å². The lowest BCUT2D eigenvalue weighted by atomic mass is 10.1. The summed E-state index contributed by atoms with van der Waals surface area (Å²) in [5.74, 6) is 6.52. The van der Waals surface area contributed by atoms with Gasteiger partial charge in [0, 0.05) is 6.42 Å². The summed E-state index contributed by atoms with van der Waals surface area (Å²) in [5.41, 5.74) is 0. The van der Waals surface area contributed by atoms with Crippen LogP contribution in [0.25, 0.3) is 0 Å². The number of aliphatic hydroxyl groups is 1. The largest absolute Gasteiger partial charge is 0.389 e. The molecular formula is C13H20O. The number of hydrogen-bond acceptors (Lipinski definition) is 1. The molecule has 1 unspecified atom stereocenters. The molecule has 0 aromatic carbocycles. The van der Waals surface area contributed by atoms with Gasteiger partial charge in [0.2, 0.25) is 0 Å². The minimum atomic E-state index is -0.295. The second-order valence-corrected chi connectivity index (χ2v) is 3.96. The van der Waals surface area contributed by atoms with Gasteiger partial charge in [0.25, 0.3) is 0 Å². The van der Waals surface area contributed by atoms with E-state index in [1.54, 1.807) is 0 Å². The van der Waals surface area contributed by atoms with Crippen LogP contribution in [0.2, 0.25) is 0 Å². The maximum absolute atomic E-state index is 9.58. The Morgan fingerprint density at radius 1 is 1.43 bits per heavy atom. The average molecular weight is 192 g/mol. The van der Waals surface area contributed by atoms with Crippen molar-refractivity contribution >= 4 is 0 Å². The number of hydrogen-bond donors (Lipinski definition) is 1. The molecular weight excluding hydrogens is 172 g/mol. The fourth-order valence-electron chi connectivity index (χ4n) is 1.88. The van der Waals surface area contributed by atoms with Gasteiger partial charge in [-0.3, -0.25) is 0 Å². The lowest BCUT2D eigenvalue weighted by Crippen LogP contribution is -2.02. The Bertz CT molecular complexity index is 225. The summed E-state index contributed by atoms with van der Waals surface area (Å²) in [4.78, 5) is 0. The third-order valence-corrected chi connectivity index (χ3v) is 2.75. The molecule has 78 valence electrons. The smallest absolute Gasteiger partial charge is 0.0730 e. The van der Waals surface area contributed by atoms with Gasteiger partial charge in [-0.1, -0.05) is 25.0 Å². The molecule has 0 amide bonds. The van der Waals surface area contributed by atoms with Crippen molar-refractivity contribution in [1.82, 2.24) is 0 Å². The quantitative estimate of drug-likeness (QED) is 0.536. The zero-order chi connectivity index (χ0) is 10.2. The van der Waals surface area contributed by atoms with Gasteiger partial charge in [0.1, 0.15) is 0 Å². The van der Waals surface area contributed by atoms with E-state index in [2.05, 4.69) is 17.9 Å². The van der Waals surface area contributed by atoms with Crippen LogP contribution in [0.3, 0.4) is 0 Å². The molecule has 1 aliphatic rings. The van der Waals surface area contributed by atoms with E-state index < -0.39 is 0 Å². The summed E-state index contributed by atoms with van der Waals surface area (Å²) < 4.78 is 0. The molecule has 0 aliphatic heterocycles.